The number of nitrogens with two attached hydrogens (primary N) is 1. The van der Waals surface area contributed by atoms with Gasteiger partial charge in [-0.05, 0) is 12.3 Å². The Kier molecular flexibility index (Phi) is 5.62. The summed E-state index contributed by atoms with van der Waals surface area (Å²) < 4.78 is 0. The van der Waals surface area contributed by atoms with Gasteiger partial charge in [0.25, 0.3) is 0 Å². The van der Waals surface area contributed by atoms with E-state index >= 15 is 0 Å². The molecule has 0 rings (SSSR count). The molecule has 4 N–H and O–H groups in total. The third-order valence-electron chi connectivity index (χ3n) is 1.99. The lowest BCUT2D eigenvalue weighted by Gasteiger charge is -2.19. The molecule has 0 aromatic heterocycles. The molecule has 0 heterocycles. The van der Waals surface area contributed by atoms with Crippen molar-refractivity contribution in [1.82, 2.24) is 5.32 Å². The van der Waals surface area contributed by atoms with Crippen molar-refractivity contribution >= 4 is 11.9 Å². The zero-order valence-corrected chi connectivity index (χ0v) is 9.06. The lowest BCUT2D eigenvalue weighted by atomic mass is 10.0. The minimum absolute atomic E-state index is 0.178. The van der Waals surface area contributed by atoms with Gasteiger partial charge in [-0.25, -0.2) is 4.79 Å². The Hall–Kier alpha value is -1.36. The first-order valence-corrected chi connectivity index (χ1v) is 4.79. The van der Waals surface area contributed by atoms with Gasteiger partial charge in [0.2, 0.25) is 5.91 Å². The summed E-state index contributed by atoms with van der Waals surface area (Å²) in [6.07, 6.45) is 1.85. The van der Waals surface area contributed by atoms with Crippen LogP contribution in [0.5, 0.6) is 0 Å². The molecular weight excluding hydrogens is 196 g/mol. The third-order valence-corrected chi connectivity index (χ3v) is 1.99. The van der Waals surface area contributed by atoms with Crippen molar-refractivity contribution in [1.29, 1.82) is 0 Å². The minimum Gasteiger partial charge on any atom is -0.480 e. The van der Waals surface area contributed by atoms with E-state index in [1.807, 2.05) is 0 Å². The molecule has 0 aromatic carbocycles. The molecule has 0 radical (unpaired) electrons. The molecule has 86 valence electrons. The third kappa shape index (κ3) is 4.60. The van der Waals surface area contributed by atoms with Gasteiger partial charge in [-0.3, -0.25) is 4.79 Å². The number of carboxylic acids is 1. The molecule has 1 amide bonds. The van der Waals surface area contributed by atoms with E-state index in [9.17, 15) is 9.59 Å². The maximum Gasteiger partial charge on any atom is 0.326 e. The van der Waals surface area contributed by atoms with Crippen molar-refractivity contribution in [3.05, 3.63) is 12.7 Å². The van der Waals surface area contributed by atoms with E-state index in [-0.39, 0.29) is 5.92 Å². The van der Waals surface area contributed by atoms with Crippen molar-refractivity contribution < 1.29 is 14.7 Å². The number of carboxylic acid groups (broad SMARTS) is 1. The number of hydrogen-bond acceptors (Lipinski definition) is 3. The zero-order chi connectivity index (χ0) is 12.0. The lowest BCUT2D eigenvalue weighted by Crippen LogP contribution is -2.50. The Morgan fingerprint density at radius 1 is 1.53 bits per heavy atom. The molecule has 0 aliphatic rings. The number of carbonyl (C=O) groups is 2. The normalized spacial score (nSPS) is 14.4. The standard InChI is InChI=1S/C10H18N2O3/c1-4-5-7(11)9(13)12-8(6(2)3)10(14)15/h4,6-8H,1,5,11H2,2-3H3,(H,12,13)(H,14,15)/t7?,8-/m0/s1. The quantitative estimate of drug-likeness (QED) is 0.547. The van der Waals surface area contributed by atoms with E-state index in [2.05, 4.69) is 11.9 Å². The average molecular weight is 214 g/mol. The number of hydrogen-bond donors (Lipinski definition) is 3. The fourth-order valence-corrected chi connectivity index (χ4v) is 1.06. The SMILES string of the molecule is C=CCC(N)C(=O)N[C@H](C(=O)O)C(C)C. The fraction of sp³-hybridized carbons (Fsp3) is 0.600. The van der Waals surface area contributed by atoms with Crippen molar-refractivity contribution in [2.24, 2.45) is 11.7 Å². The monoisotopic (exact) mass is 214 g/mol. The second-order valence-corrected chi connectivity index (χ2v) is 3.70. The summed E-state index contributed by atoms with van der Waals surface area (Å²) in [7, 11) is 0. The van der Waals surface area contributed by atoms with Crippen LogP contribution in [0.25, 0.3) is 0 Å². The molecule has 0 saturated carbocycles. The number of nitrogens with one attached hydrogen (secondary N) is 1. The number of amides is 1. The second-order valence-electron chi connectivity index (χ2n) is 3.70. The molecule has 0 spiro atoms. The lowest BCUT2D eigenvalue weighted by molar-refractivity contribution is -0.143. The van der Waals surface area contributed by atoms with Crippen LogP contribution in [-0.4, -0.2) is 29.1 Å². The van der Waals surface area contributed by atoms with E-state index in [0.717, 1.165) is 0 Å². The molecule has 0 fully saturated rings. The van der Waals surface area contributed by atoms with Gasteiger partial charge in [0, 0.05) is 0 Å². The van der Waals surface area contributed by atoms with E-state index in [1.165, 1.54) is 6.08 Å². The zero-order valence-electron chi connectivity index (χ0n) is 9.06. The van der Waals surface area contributed by atoms with Crippen LogP contribution < -0.4 is 11.1 Å². The molecule has 1 unspecified atom stereocenters. The van der Waals surface area contributed by atoms with Gasteiger partial charge < -0.3 is 16.2 Å². The van der Waals surface area contributed by atoms with Crippen LogP contribution in [0.4, 0.5) is 0 Å². The number of rotatable bonds is 6. The van der Waals surface area contributed by atoms with Crippen LogP contribution in [0, 0.1) is 5.92 Å². The Morgan fingerprint density at radius 2 is 2.07 bits per heavy atom. The Balaban J connectivity index is 4.35. The molecule has 0 saturated heterocycles. The molecule has 0 aliphatic heterocycles. The van der Waals surface area contributed by atoms with Gasteiger partial charge >= 0.3 is 5.97 Å². The molecular formula is C10H18N2O3. The molecule has 5 heteroatoms. The average Bonchev–Trinajstić information content (AvgIpc) is 2.12. The predicted octanol–water partition coefficient (Wildman–Crippen LogP) is 0.115. The molecule has 5 nitrogen and oxygen atoms in total. The van der Waals surface area contributed by atoms with Gasteiger partial charge in [0.15, 0.2) is 0 Å². The summed E-state index contributed by atoms with van der Waals surface area (Å²) in [4.78, 5) is 22.2. The highest BCUT2D eigenvalue weighted by molar-refractivity contribution is 5.86. The van der Waals surface area contributed by atoms with E-state index < -0.39 is 24.0 Å². The first-order valence-electron chi connectivity index (χ1n) is 4.79. The molecule has 0 bridgehead atoms. The van der Waals surface area contributed by atoms with E-state index in [0.29, 0.717) is 6.42 Å². The van der Waals surface area contributed by atoms with Crippen molar-refractivity contribution in [3.63, 3.8) is 0 Å². The van der Waals surface area contributed by atoms with Gasteiger partial charge in [-0.15, -0.1) is 6.58 Å². The number of carbonyl (C=O) groups excluding carboxylic acids is 1. The van der Waals surface area contributed by atoms with E-state index in [1.54, 1.807) is 13.8 Å². The maximum atomic E-state index is 11.4. The van der Waals surface area contributed by atoms with Gasteiger partial charge in [-0.2, -0.15) is 0 Å². The molecule has 2 atom stereocenters. The van der Waals surface area contributed by atoms with Crippen LogP contribution >= 0.6 is 0 Å². The summed E-state index contributed by atoms with van der Waals surface area (Å²) >= 11 is 0. The van der Waals surface area contributed by atoms with Crippen LogP contribution in [0.2, 0.25) is 0 Å². The first-order chi connectivity index (χ1) is 6.90. The van der Waals surface area contributed by atoms with Crippen LogP contribution in [0.3, 0.4) is 0 Å². The van der Waals surface area contributed by atoms with Crippen molar-refractivity contribution in [2.45, 2.75) is 32.4 Å². The Labute approximate surface area is 89.3 Å². The smallest absolute Gasteiger partial charge is 0.326 e. The maximum absolute atomic E-state index is 11.4. The van der Waals surface area contributed by atoms with Gasteiger partial charge in [0.1, 0.15) is 6.04 Å². The fourth-order valence-electron chi connectivity index (χ4n) is 1.06. The van der Waals surface area contributed by atoms with Crippen LogP contribution in [-0.2, 0) is 9.59 Å². The second kappa shape index (κ2) is 6.19. The topological polar surface area (TPSA) is 92.4 Å². The highest BCUT2D eigenvalue weighted by atomic mass is 16.4. The summed E-state index contributed by atoms with van der Waals surface area (Å²) in [5.41, 5.74) is 5.50. The van der Waals surface area contributed by atoms with E-state index in [4.69, 9.17) is 10.8 Å². The predicted molar refractivity (Wildman–Crippen MR) is 57.2 cm³/mol. The number of aliphatic carboxylic acids is 1. The molecule has 15 heavy (non-hydrogen) atoms. The summed E-state index contributed by atoms with van der Waals surface area (Å²) in [6.45, 7) is 6.90. The van der Waals surface area contributed by atoms with Gasteiger partial charge in [-0.1, -0.05) is 19.9 Å². The molecule has 0 aliphatic carbocycles. The summed E-state index contributed by atoms with van der Waals surface area (Å²) in [5, 5.41) is 11.2. The highest BCUT2D eigenvalue weighted by Gasteiger charge is 2.25. The largest absolute Gasteiger partial charge is 0.480 e. The minimum atomic E-state index is -1.05. The summed E-state index contributed by atoms with van der Waals surface area (Å²) in [6, 6.07) is -1.63. The van der Waals surface area contributed by atoms with Crippen LogP contribution in [0.1, 0.15) is 20.3 Å². The highest BCUT2D eigenvalue weighted by Crippen LogP contribution is 2.02. The summed E-state index contributed by atoms with van der Waals surface area (Å²) in [5.74, 6) is -1.69. The van der Waals surface area contributed by atoms with Crippen molar-refractivity contribution in [2.75, 3.05) is 0 Å². The van der Waals surface area contributed by atoms with Crippen LogP contribution in [0.15, 0.2) is 12.7 Å². The van der Waals surface area contributed by atoms with Crippen molar-refractivity contribution in [3.8, 4) is 0 Å². The van der Waals surface area contributed by atoms with Gasteiger partial charge in [0.05, 0.1) is 6.04 Å². The first kappa shape index (κ1) is 13.6. The molecule has 0 aromatic rings. The Morgan fingerprint density at radius 3 is 2.40 bits per heavy atom. The Bertz CT molecular complexity index is 251.